The highest BCUT2D eigenvalue weighted by Gasteiger charge is 2.48. The van der Waals surface area contributed by atoms with Gasteiger partial charge in [-0.25, -0.2) is 0 Å². The SMILES string of the molecule is Cc1[nH]ncc1CCCNC(=O)C1CC1C(=O)O. The molecular weight excluding hydrogens is 234 g/mol. The van der Waals surface area contributed by atoms with Crippen molar-refractivity contribution in [3.8, 4) is 0 Å². The van der Waals surface area contributed by atoms with Gasteiger partial charge in [0.1, 0.15) is 0 Å². The summed E-state index contributed by atoms with van der Waals surface area (Å²) < 4.78 is 0. The summed E-state index contributed by atoms with van der Waals surface area (Å²) in [4.78, 5) is 22.2. The van der Waals surface area contributed by atoms with Gasteiger partial charge in [-0.15, -0.1) is 0 Å². The zero-order valence-electron chi connectivity index (χ0n) is 10.3. The maximum Gasteiger partial charge on any atom is 0.307 e. The molecule has 6 nitrogen and oxygen atoms in total. The molecule has 0 aliphatic heterocycles. The Morgan fingerprint density at radius 3 is 2.89 bits per heavy atom. The maximum atomic E-state index is 11.6. The third-order valence-electron chi connectivity index (χ3n) is 3.30. The lowest BCUT2D eigenvalue weighted by Gasteiger charge is -2.04. The van der Waals surface area contributed by atoms with E-state index < -0.39 is 11.9 Å². The van der Waals surface area contributed by atoms with Crippen LogP contribution in [-0.4, -0.2) is 33.7 Å². The lowest BCUT2D eigenvalue weighted by atomic mass is 10.1. The summed E-state index contributed by atoms with van der Waals surface area (Å²) >= 11 is 0. The first-order valence-electron chi connectivity index (χ1n) is 6.09. The minimum atomic E-state index is -0.871. The molecule has 1 aliphatic carbocycles. The average molecular weight is 251 g/mol. The van der Waals surface area contributed by atoms with E-state index in [1.54, 1.807) is 6.20 Å². The van der Waals surface area contributed by atoms with Gasteiger partial charge in [0.2, 0.25) is 5.91 Å². The molecule has 2 rings (SSSR count). The van der Waals surface area contributed by atoms with Crippen LogP contribution in [0.1, 0.15) is 24.1 Å². The van der Waals surface area contributed by atoms with Gasteiger partial charge in [-0.3, -0.25) is 14.7 Å². The number of nitrogens with one attached hydrogen (secondary N) is 2. The molecule has 18 heavy (non-hydrogen) atoms. The molecule has 6 heteroatoms. The van der Waals surface area contributed by atoms with Crippen molar-refractivity contribution in [2.24, 2.45) is 11.8 Å². The van der Waals surface area contributed by atoms with Crippen LogP contribution >= 0.6 is 0 Å². The summed E-state index contributed by atoms with van der Waals surface area (Å²) in [6, 6.07) is 0. The van der Waals surface area contributed by atoms with Crippen LogP contribution in [0.25, 0.3) is 0 Å². The van der Waals surface area contributed by atoms with E-state index in [-0.39, 0.29) is 11.8 Å². The highest BCUT2D eigenvalue weighted by Crippen LogP contribution is 2.38. The Bertz CT molecular complexity index is 455. The predicted octanol–water partition coefficient (Wildman–Crippen LogP) is 0.488. The number of amides is 1. The highest BCUT2D eigenvalue weighted by atomic mass is 16.4. The molecular formula is C12H17N3O3. The molecule has 2 atom stereocenters. The summed E-state index contributed by atoms with van der Waals surface area (Å²) in [7, 11) is 0. The molecule has 1 saturated carbocycles. The number of carboxylic acid groups (broad SMARTS) is 1. The molecule has 0 saturated heterocycles. The zero-order valence-corrected chi connectivity index (χ0v) is 10.3. The van der Waals surface area contributed by atoms with Gasteiger partial charge in [0, 0.05) is 12.2 Å². The first-order chi connectivity index (χ1) is 8.59. The smallest absolute Gasteiger partial charge is 0.307 e. The lowest BCUT2D eigenvalue weighted by Crippen LogP contribution is -2.27. The number of H-pyrrole nitrogens is 1. The maximum absolute atomic E-state index is 11.6. The standard InChI is InChI=1S/C12H17N3O3/c1-7-8(6-14-15-7)3-2-4-13-11(16)9-5-10(9)12(17)18/h6,9-10H,2-5H2,1H3,(H,13,16)(H,14,15)(H,17,18). The van der Waals surface area contributed by atoms with Crippen LogP contribution in [0.4, 0.5) is 0 Å². The number of aromatic nitrogens is 2. The number of aromatic amines is 1. The molecule has 2 unspecified atom stereocenters. The van der Waals surface area contributed by atoms with Gasteiger partial charge in [0.15, 0.2) is 0 Å². The van der Waals surface area contributed by atoms with E-state index in [2.05, 4.69) is 15.5 Å². The summed E-state index contributed by atoms with van der Waals surface area (Å²) in [5, 5.41) is 18.3. The Morgan fingerprint density at radius 1 is 1.56 bits per heavy atom. The third-order valence-corrected chi connectivity index (χ3v) is 3.30. The third kappa shape index (κ3) is 2.88. The monoisotopic (exact) mass is 251 g/mol. The number of carboxylic acids is 1. The van der Waals surface area contributed by atoms with E-state index in [4.69, 9.17) is 5.11 Å². The average Bonchev–Trinajstić information content (AvgIpc) is 3.04. The number of hydrogen-bond donors (Lipinski definition) is 3. The number of carbonyl (C=O) groups is 2. The van der Waals surface area contributed by atoms with Crippen molar-refractivity contribution in [1.29, 1.82) is 0 Å². The van der Waals surface area contributed by atoms with E-state index in [0.717, 1.165) is 24.1 Å². The van der Waals surface area contributed by atoms with E-state index in [1.807, 2.05) is 6.92 Å². The van der Waals surface area contributed by atoms with Crippen molar-refractivity contribution in [2.45, 2.75) is 26.2 Å². The molecule has 1 heterocycles. The Balaban J connectivity index is 1.63. The number of rotatable bonds is 6. The minimum absolute atomic E-state index is 0.133. The van der Waals surface area contributed by atoms with Crippen LogP contribution in [0.2, 0.25) is 0 Å². The fourth-order valence-corrected chi connectivity index (χ4v) is 2.01. The number of carbonyl (C=O) groups excluding carboxylic acids is 1. The molecule has 1 aromatic heterocycles. The van der Waals surface area contributed by atoms with Gasteiger partial charge in [-0.1, -0.05) is 0 Å². The van der Waals surface area contributed by atoms with Gasteiger partial charge >= 0.3 is 5.97 Å². The van der Waals surface area contributed by atoms with Crippen molar-refractivity contribution < 1.29 is 14.7 Å². The van der Waals surface area contributed by atoms with E-state index >= 15 is 0 Å². The fourth-order valence-electron chi connectivity index (χ4n) is 2.01. The van der Waals surface area contributed by atoms with Gasteiger partial charge in [-0.2, -0.15) is 5.10 Å². The summed E-state index contributed by atoms with van der Waals surface area (Å²) in [6.07, 6.45) is 3.95. The first kappa shape index (κ1) is 12.6. The van der Waals surface area contributed by atoms with Gasteiger partial charge in [0.25, 0.3) is 0 Å². The van der Waals surface area contributed by atoms with Crippen LogP contribution in [0.3, 0.4) is 0 Å². The van der Waals surface area contributed by atoms with Crippen LogP contribution in [0, 0.1) is 18.8 Å². The highest BCUT2D eigenvalue weighted by molar-refractivity contribution is 5.89. The second kappa shape index (κ2) is 5.20. The molecule has 1 aliphatic rings. The van der Waals surface area contributed by atoms with E-state index in [9.17, 15) is 9.59 Å². The molecule has 1 amide bonds. The molecule has 1 fully saturated rings. The van der Waals surface area contributed by atoms with Crippen LogP contribution in [0.5, 0.6) is 0 Å². The zero-order chi connectivity index (χ0) is 13.1. The van der Waals surface area contributed by atoms with Crippen LogP contribution in [-0.2, 0) is 16.0 Å². The molecule has 98 valence electrons. The number of aryl methyl sites for hydroxylation is 2. The summed E-state index contributed by atoms with van der Waals surface area (Å²) in [6.45, 7) is 2.54. The quantitative estimate of drug-likeness (QED) is 0.641. The van der Waals surface area contributed by atoms with Crippen molar-refractivity contribution >= 4 is 11.9 Å². The number of nitrogens with zero attached hydrogens (tertiary/aromatic N) is 1. The summed E-state index contributed by atoms with van der Waals surface area (Å²) in [5.74, 6) is -1.80. The van der Waals surface area contributed by atoms with Crippen LogP contribution < -0.4 is 5.32 Å². The largest absolute Gasteiger partial charge is 0.481 e. The topological polar surface area (TPSA) is 95.1 Å². The molecule has 0 bridgehead atoms. The van der Waals surface area contributed by atoms with Crippen molar-refractivity contribution in [3.63, 3.8) is 0 Å². The Hall–Kier alpha value is -1.85. The Morgan fingerprint density at radius 2 is 2.33 bits per heavy atom. The normalized spacial score (nSPS) is 21.6. The van der Waals surface area contributed by atoms with Crippen molar-refractivity contribution in [3.05, 3.63) is 17.5 Å². The van der Waals surface area contributed by atoms with Gasteiger partial charge in [0.05, 0.1) is 18.0 Å². The van der Waals surface area contributed by atoms with Gasteiger partial charge < -0.3 is 10.4 Å². The lowest BCUT2D eigenvalue weighted by molar-refractivity contribution is -0.140. The molecule has 1 aromatic rings. The Labute approximate surface area is 105 Å². The minimum Gasteiger partial charge on any atom is -0.481 e. The molecule has 0 radical (unpaired) electrons. The fraction of sp³-hybridized carbons (Fsp3) is 0.583. The van der Waals surface area contributed by atoms with Crippen molar-refractivity contribution in [1.82, 2.24) is 15.5 Å². The van der Waals surface area contributed by atoms with E-state index in [1.165, 1.54) is 0 Å². The van der Waals surface area contributed by atoms with Crippen LogP contribution in [0.15, 0.2) is 6.20 Å². The first-order valence-corrected chi connectivity index (χ1v) is 6.09. The molecule has 3 N–H and O–H groups in total. The second-order valence-corrected chi connectivity index (χ2v) is 4.70. The Kier molecular flexibility index (Phi) is 3.64. The summed E-state index contributed by atoms with van der Waals surface area (Å²) in [5.41, 5.74) is 2.20. The van der Waals surface area contributed by atoms with Crippen molar-refractivity contribution in [2.75, 3.05) is 6.54 Å². The van der Waals surface area contributed by atoms with E-state index in [0.29, 0.717) is 13.0 Å². The van der Waals surface area contributed by atoms with Gasteiger partial charge in [-0.05, 0) is 31.7 Å². The number of aliphatic carboxylic acids is 1. The molecule has 0 spiro atoms. The predicted molar refractivity (Wildman–Crippen MR) is 63.9 cm³/mol. The molecule has 0 aromatic carbocycles. The number of hydrogen-bond acceptors (Lipinski definition) is 3. The second-order valence-electron chi connectivity index (χ2n) is 4.70.